The molecule has 5 rings (SSSR count). The van der Waals surface area contributed by atoms with E-state index in [0.29, 0.717) is 43.3 Å². The van der Waals surface area contributed by atoms with E-state index in [2.05, 4.69) is 21.4 Å². The fourth-order valence-electron chi connectivity index (χ4n) is 5.57. The predicted molar refractivity (Wildman–Crippen MR) is 131 cm³/mol. The molecule has 1 aliphatic heterocycles. The first-order chi connectivity index (χ1) is 16.8. The third-order valence-corrected chi connectivity index (χ3v) is 8.89. The zero-order valence-electron chi connectivity index (χ0n) is 20.1. The van der Waals surface area contributed by atoms with Gasteiger partial charge in [0.15, 0.2) is 0 Å². The van der Waals surface area contributed by atoms with Crippen molar-refractivity contribution in [2.75, 3.05) is 22.8 Å². The van der Waals surface area contributed by atoms with Crippen LogP contribution in [0.25, 0.3) is 0 Å². The van der Waals surface area contributed by atoms with Crippen molar-refractivity contribution in [2.24, 2.45) is 0 Å². The lowest BCUT2D eigenvalue weighted by Gasteiger charge is -2.36. The summed E-state index contributed by atoms with van der Waals surface area (Å²) in [5.74, 6) is 0.492. The number of urea groups is 1. The molecule has 2 aliphatic carbocycles. The van der Waals surface area contributed by atoms with E-state index >= 15 is 0 Å². The largest absolute Gasteiger partial charge is 0.608 e. The zero-order chi connectivity index (χ0) is 24.7. The summed E-state index contributed by atoms with van der Waals surface area (Å²) in [7, 11) is -4.69. The molecule has 1 fully saturated rings. The highest BCUT2D eigenvalue weighted by Gasteiger charge is 2.41. The van der Waals surface area contributed by atoms with Gasteiger partial charge in [-0.25, -0.2) is 19.1 Å². The summed E-state index contributed by atoms with van der Waals surface area (Å²) in [6.45, 7) is 4.11. The molecule has 2 amide bonds. The van der Waals surface area contributed by atoms with Crippen LogP contribution in [-0.2, 0) is 40.6 Å². The summed E-state index contributed by atoms with van der Waals surface area (Å²) < 4.78 is 32.4. The number of carbonyl (C=O) groups excluding carboxylic acids is 1. The summed E-state index contributed by atoms with van der Waals surface area (Å²) in [6.07, 6.45) is 7.68. The van der Waals surface area contributed by atoms with Gasteiger partial charge in [-0.05, 0) is 87.5 Å². The number of amides is 2. The Kier molecular flexibility index (Phi) is 6.51. The molecule has 1 unspecified atom stereocenters. The van der Waals surface area contributed by atoms with Crippen LogP contribution in [0.4, 0.5) is 16.2 Å². The van der Waals surface area contributed by atoms with Crippen LogP contribution in [0.3, 0.4) is 0 Å². The highest BCUT2D eigenvalue weighted by molar-refractivity contribution is 7.86. The van der Waals surface area contributed by atoms with E-state index in [-0.39, 0.29) is 5.69 Å². The Bertz CT molecular complexity index is 1230. The van der Waals surface area contributed by atoms with Gasteiger partial charge in [-0.15, -0.1) is 0 Å². The van der Waals surface area contributed by atoms with Gasteiger partial charge in [-0.3, -0.25) is 5.32 Å². The molecular weight excluding hydrogens is 470 g/mol. The maximum Gasteiger partial charge on any atom is 0.436 e. The predicted octanol–water partition coefficient (Wildman–Crippen LogP) is 1.92. The second-order valence-electron chi connectivity index (χ2n) is 9.51. The molecule has 2 aromatic rings. The molecule has 2 heterocycles. The van der Waals surface area contributed by atoms with Crippen molar-refractivity contribution in [3.05, 3.63) is 51.2 Å². The van der Waals surface area contributed by atoms with Gasteiger partial charge in [-0.2, -0.15) is 12.9 Å². The van der Waals surface area contributed by atoms with E-state index in [4.69, 9.17) is 4.74 Å². The average molecular weight is 502 g/mol. The number of aryl methyl sites for hydroxylation is 4. The topological polar surface area (TPSA) is 129 Å². The van der Waals surface area contributed by atoms with Crippen molar-refractivity contribution in [3.8, 4) is 0 Å². The fraction of sp³-hybridized carbons (Fsp3) is 0.542. The smallest absolute Gasteiger partial charge is 0.436 e. The van der Waals surface area contributed by atoms with Crippen molar-refractivity contribution < 1.29 is 22.4 Å². The van der Waals surface area contributed by atoms with E-state index in [1.54, 1.807) is 13.8 Å². The van der Waals surface area contributed by atoms with Crippen molar-refractivity contribution in [1.29, 1.82) is 0 Å². The van der Waals surface area contributed by atoms with Gasteiger partial charge in [0.2, 0.25) is 0 Å². The molecular formula is C24H31N5O5S. The first kappa shape index (κ1) is 24.1. The summed E-state index contributed by atoms with van der Waals surface area (Å²) in [4.78, 5) is 21.6. The van der Waals surface area contributed by atoms with Crippen LogP contribution in [-0.4, -0.2) is 43.7 Å². The van der Waals surface area contributed by atoms with Crippen LogP contribution >= 0.6 is 0 Å². The molecule has 1 saturated heterocycles. The van der Waals surface area contributed by atoms with Gasteiger partial charge in [0.05, 0.1) is 29.3 Å². The first-order valence-electron chi connectivity index (χ1n) is 12.2. The lowest BCUT2D eigenvalue weighted by atomic mass is 9.99. The fourth-order valence-corrected chi connectivity index (χ4v) is 7.08. The number of hydrogen-bond acceptors (Lipinski definition) is 7. The van der Waals surface area contributed by atoms with Crippen molar-refractivity contribution in [3.63, 3.8) is 0 Å². The highest BCUT2D eigenvalue weighted by atomic mass is 32.2. The van der Waals surface area contributed by atoms with Crippen LogP contribution in [0.2, 0.25) is 0 Å². The molecule has 0 radical (unpaired) electrons. The van der Waals surface area contributed by atoms with Gasteiger partial charge in [0.1, 0.15) is 5.82 Å². The minimum atomic E-state index is -4.69. The van der Waals surface area contributed by atoms with Crippen LogP contribution in [0.15, 0.2) is 12.3 Å². The number of hydroxylamine groups is 1. The number of fused-ring (bicyclic) bond motifs is 2. The Morgan fingerprint density at radius 1 is 1.11 bits per heavy atom. The lowest BCUT2D eigenvalue weighted by molar-refractivity contribution is -0.604. The number of benzene rings is 1. The second kappa shape index (κ2) is 9.45. The third kappa shape index (κ3) is 4.42. The van der Waals surface area contributed by atoms with E-state index in [0.717, 1.165) is 54.0 Å². The quantitative estimate of drug-likeness (QED) is 0.599. The number of anilines is 2. The van der Waals surface area contributed by atoms with E-state index in [1.165, 1.54) is 17.3 Å². The number of quaternary nitrogens is 1. The Labute approximate surface area is 205 Å². The molecule has 0 bridgehead atoms. The van der Waals surface area contributed by atoms with Gasteiger partial charge >= 0.3 is 16.2 Å². The maximum atomic E-state index is 13.7. The highest BCUT2D eigenvalue weighted by Crippen LogP contribution is 2.38. The van der Waals surface area contributed by atoms with Crippen molar-refractivity contribution in [2.45, 2.75) is 71.3 Å². The van der Waals surface area contributed by atoms with E-state index < -0.39 is 26.8 Å². The third-order valence-electron chi connectivity index (χ3n) is 7.22. The Balaban J connectivity index is 1.48. The standard InChI is InChI=1S/C24H31N5O5S/c1-15-22(14-25-16(2)26-15)28(19-9-11-34-12-10-19)35(32,33)29(31)24(30)27-23-20-7-3-5-17(20)13-18-6-4-8-21(18)23/h13-14,19,29H,3-12H2,1-2H3,(H,27,30). The molecule has 10 nitrogen and oxygen atoms in total. The minimum absolute atomic E-state index is 0.213. The number of nitrogens with zero attached hydrogens (tertiary/aromatic N) is 3. The number of ether oxygens (including phenoxy) is 1. The lowest BCUT2D eigenvalue weighted by Crippen LogP contribution is -3.14. The average Bonchev–Trinajstić information content (AvgIpc) is 3.50. The number of nitrogens with one attached hydrogen (secondary N) is 2. The molecule has 0 spiro atoms. The maximum absolute atomic E-state index is 13.7. The summed E-state index contributed by atoms with van der Waals surface area (Å²) in [5, 5.41) is 16.0. The molecule has 11 heteroatoms. The molecule has 1 atom stereocenters. The SMILES string of the molecule is Cc1ncc(N(C2CCOCC2)S(=O)(=O)[NH+]([O-])C(=O)Nc2c3c(cc4c2CCC4)CCC3)c(C)n1. The van der Waals surface area contributed by atoms with Crippen molar-refractivity contribution in [1.82, 2.24) is 9.97 Å². The Morgan fingerprint density at radius 2 is 1.74 bits per heavy atom. The van der Waals surface area contributed by atoms with Gasteiger partial charge in [0, 0.05) is 13.2 Å². The van der Waals surface area contributed by atoms with Crippen molar-refractivity contribution >= 4 is 27.6 Å². The molecule has 0 saturated carbocycles. The monoisotopic (exact) mass is 501 g/mol. The number of hydrogen-bond donors (Lipinski definition) is 2. The van der Waals surface area contributed by atoms with E-state index in [9.17, 15) is 18.4 Å². The zero-order valence-corrected chi connectivity index (χ0v) is 20.9. The van der Waals surface area contributed by atoms with Crippen LogP contribution in [0, 0.1) is 19.1 Å². The summed E-state index contributed by atoms with van der Waals surface area (Å²) >= 11 is 0. The van der Waals surface area contributed by atoms with Crippen LogP contribution in [0.1, 0.15) is 59.5 Å². The molecule has 3 aliphatic rings. The normalized spacial score (nSPS) is 18.7. The number of rotatable bonds is 5. The van der Waals surface area contributed by atoms with Crippen LogP contribution in [0.5, 0.6) is 0 Å². The Hall–Kier alpha value is -2.60. The number of aromatic nitrogens is 2. The van der Waals surface area contributed by atoms with Gasteiger partial charge < -0.3 is 9.94 Å². The van der Waals surface area contributed by atoms with Gasteiger partial charge in [0.25, 0.3) is 0 Å². The molecule has 35 heavy (non-hydrogen) atoms. The summed E-state index contributed by atoms with van der Waals surface area (Å²) in [5.41, 5.74) is 5.74. The first-order valence-corrected chi connectivity index (χ1v) is 13.7. The molecule has 188 valence electrons. The minimum Gasteiger partial charge on any atom is -0.608 e. The van der Waals surface area contributed by atoms with Crippen LogP contribution < -0.4 is 14.1 Å². The number of carbonyl (C=O) groups is 1. The Morgan fingerprint density at radius 3 is 2.34 bits per heavy atom. The van der Waals surface area contributed by atoms with E-state index in [1.807, 2.05) is 0 Å². The molecule has 2 N–H and O–H groups in total. The van der Waals surface area contributed by atoms with Gasteiger partial charge in [-0.1, -0.05) is 6.07 Å². The molecule has 1 aromatic carbocycles. The summed E-state index contributed by atoms with van der Waals surface area (Å²) in [6, 6.07) is 0.564. The second-order valence-corrected chi connectivity index (χ2v) is 11.2. The molecule has 1 aromatic heterocycles.